The standard InChI is InChI=1S/C16H15NO6/c1-2-21-15-6-4-3-5-12(15)11-22-16(18)23-14-9-7-13(8-10-14)17(19)20/h3-10H,2,11H2,1H3. The summed E-state index contributed by atoms with van der Waals surface area (Å²) in [6.45, 7) is 2.37. The molecule has 0 saturated heterocycles. The van der Waals surface area contributed by atoms with Crippen molar-refractivity contribution in [1.29, 1.82) is 0 Å². The van der Waals surface area contributed by atoms with Crippen molar-refractivity contribution in [1.82, 2.24) is 0 Å². The van der Waals surface area contributed by atoms with Gasteiger partial charge in [-0.05, 0) is 25.1 Å². The Morgan fingerprint density at radius 1 is 1.13 bits per heavy atom. The molecule has 120 valence electrons. The highest BCUT2D eigenvalue weighted by Crippen LogP contribution is 2.20. The fourth-order valence-electron chi connectivity index (χ4n) is 1.82. The predicted molar refractivity (Wildman–Crippen MR) is 81.5 cm³/mol. The molecule has 23 heavy (non-hydrogen) atoms. The van der Waals surface area contributed by atoms with Crippen LogP contribution in [0.2, 0.25) is 0 Å². The van der Waals surface area contributed by atoms with Crippen LogP contribution in [-0.4, -0.2) is 17.7 Å². The number of benzene rings is 2. The first-order valence-corrected chi connectivity index (χ1v) is 6.90. The summed E-state index contributed by atoms with van der Waals surface area (Å²) >= 11 is 0. The highest BCUT2D eigenvalue weighted by molar-refractivity contribution is 5.64. The Morgan fingerprint density at radius 3 is 2.48 bits per heavy atom. The van der Waals surface area contributed by atoms with Gasteiger partial charge in [0.05, 0.1) is 11.5 Å². The summed E-state index contributed by atoms with van der Waals surface area (Å²) in [6, 6.07) is 12.3. The Labute approximate surface area is 132 Å². The second-order valence-electron chi connectivity index (χ2n) is 4.43. The molecule has 0 atom stereocenters. The summed E-state index contributed by atoms with van der Waals surface area (Å²) in [5.74, 6) is 0.803. The summed E-state index contributed by atoms with van der Waals surface area (Å²) in [6.07, 6.45) is -0.898. The molecule has 0 bridgehead atoms. The summed E-state index contributed by atoms with van der Waals surface area (Å²) in [5, 5.41) is 10.5. The van der Waals surface area contributed by atoms with E-state index in [1.807, 2.05) is 19.1 Å². The SMILES string of the molecule is CCOc1ccccc1COC(=O)Oc1ccc([N+](=O)[O-])cc1. The van der Waals surface area contributed by atoms with E-state index in [4.69, 9.17) is 14.2 Å². The fourth-order valence-corrected chi connectivity index (χ4v) is 1.82. The third kappa shape index (κ3) is 4.70. The van der Waals surface area contributed by atoms with Gasteiger partial charge in [-0.25, -0.2) is 4.79 Å². The summed E-state index contributed by atoms with van der Waals surface area (Å²) in [7, 11) is 0. The number of hydrogen-bond acceptors (Lipinski definition) is 6. The number of nitro benzene ring substituents is 1. The van der Waals surface area contributed by atoms with Crippen molar-refractivity contribution in [3.8, 4) is 11.5 Å². The quantitative estimate of drug-likeness (QED) is 0.349. The predicted octanol–water partition coefficient (Wildman–Crippen LogP) is 3.71. The number of nitrogens with zero attached hydrogens (tertiary/aromatic N) is 1. The molecule has 2 rings (SSSR count). The van der Waals surface area contributed by atoms with Gasteiger partial charge in [0.15, 0.2) is 0 Å². The number of rotatable bonds is 6. The Morgan fingerprint density at radius 2 is 1.83 bits per heavy atom. The molecule has 0 radical (unpaired) electrons. The molecule has 2 aromatic carbocycles. The van der Waals surface area contributed by atoms with Crippen LogP contribution < -0.4 is 9.47 Å². The van der Waals surface area contributed by atoms with Crippen LogP contribution in [0.25, 0.3) is 0 Å². The van der Waals surface area contributed by atoms with Crippen LogP contribution in [0.15, 0.2) is 48.5 Å². The molecule has 7 nitrogen and oxygen atoms in total. The molecular weight excluding hydrogens is 302 g/mol. The normalized spacial score (nSPS) is 9.96. The second-order valence-corrected chi connectivity index (χ2v) is 4.43. The largest absolute Gasteiger partial charge is 0.514 e. The zero-order valence-corrected chi connectivity index (χ0v) is 12.4. The van der Waals surface area contributed by atoms with Crippen molar-refractivity contribution in [2.45, 2.75) is 13.5 Å². The van der Waals surface area contributed by atoms with Crippen molar-refractivity contribution in [2.24, 2.45) is 0 Å². The zero-order valence-electron chi connectivity index (χ0n) is 12.4. The van der Waals surface area contributed by atoms with Gasteiger partial charge in [-0.1, -0.05) is 18.2 Å². The van der Waals surface area contributed by atoms with Crippen molar-refractivity contribution < 1.29 is 23.9 Å². The van der Waals surface area contributed by atoms with E-state index in [-0.39, 0.29) is 18.0 Å². The van der Waals surface area contributed by atoms with Crippen LogP contribution in [0.5, 0.6) is 11.5 Å². The van der Waals surface area contributed by atoms with E-state index in [9.17, 15) is 14.9 Å². The number of non-ortho nitro benzene ring substituents is 1. The molecular formula is C16H15NO6. The minimum absolute atomic E-state index is 0.00197. The van der Waals surface area contributed by atoms with Crippen LogP contribution in [0.4, 0.5) is 10.5 Å². The summed E-state index contributed by atoms with van der Waals surface area (Å²) in [5.41, 5.74) is 0.631. The Bertz CT molecular complexity index is 683. The third-order valence-corrected chi connectivity index (χ3v) is 2.87. The van der Waals surface area contributed by atoms with Gasteiger partial charge in [0.1, 0.15) is 18.1 Å². The number of nitro groups is 1. The molecule has 0 unspecified atom stereocenters. The molecule has 0 aromatic heterocycles. The van der Waals surface area contributed by atoms with Crippen LogP contribution in [0.3, 0.4) is 0 Å². The first-order valence-electron chi connectivity index (χ1n) is 6.90. The molecule has 0 heterocycles. The maximum atomic E-state index is 11.7. The smallest absolute Gasteiger partial charge is 0.493 e. The van der Waals surface area contributed by atoms with E-state index >= 15 is 0 Å². The number of ether oxygens (including phenoxy) is 3. The van der Waals surface area contributed by atoms with Gasteiger partial charge in [-0.15, -0.1) is 0 Å². The van der Waals surface area contributed by atoms with Crippen LogP contribution in [0.1, 0.15) is 12.5 Å². The van der Waals surface area contributed by atoms with Crippen molar-refractivity contribution >= 4 is 11.8 Å². The van der Waals surface area contributed by atoms with Crippen LogP contribution in [0, 0.1) is 10.1 Å². The lowest BCUT2D eigenvalue weighted by Crippen LogP contribution is -2.11. The zero-order chi connectivity index (χ0) is 16.7. The maximum Gasteiger partial charge on any atom is 0.514 e. The van der Waals surface area contributed by atoms with Gasteiger partial charge in [0, 0.05) is 17.7 Å². The van der Waals surface area contributed by atoms with Crippen molar-refractivity contribution in [2.75, 3.05) is 6.61 Å². The topological polar surface area (TPSA) is 87.9 Å². The fraction of sp³-hybridized carbons (Fsp3) is 0.188. The van der Waals surface area contributed by atoms with Crippen molar-refractivity contribution in [3.05, 3.63) is 64.2 Å². The molecule has 0 aliphatic rings. The molecule has 0 amide bonds. The lowest BCUT2D eigenvalue weighted by Gasteiger charge is -2.10. The highest BCUT2D eigenvalue weighted by Gasteiger charge is 2.11. The van der Waals surface area contributed by atoms with E-state index in [0.717, 1.165) is 5.56 Å². The molecule has 2 aromatic rings. The van der Waals surface area contributed by atoms with Crippen molar-refractivity contribution in [3.63, 3.8) is 0 Å². The lowest BCUT2D eigenvalue weighted by molar-refractivity contribution is -0.384. The maximum absolute atomic E-state index is 11.7. The average molecular weight is 317 g/mol. The molecule has 0 spiro atoms. The van der Waals surface area contributed by atoms with E-state index in [2.05, 4.69) is 0 Å². The number of carbonyl (C=O) groups excluding carboxylic acids is 1. The van der Waals surface area contributed by atoms with Gasteiger partial charge in [0.2, 0.25) is 0 Å². The van der Waals surface area contributed by atoms with E-state index in [0.29, 0.717) is 12.4 Å². The second kappa shape index (κ2) is 7.79. The first-order chi connectivity index (χ1) is 11.1. The number of hydrogen-bond donors (Lipinski definition) is 0. The van der Waals surface area contributed by atoms with Crippen LogP contribution >= 0.6 is 0 Å². The Kier molecular flexibility index (Phi) is 5.51. The van der Waals surface area contributed by atoms with E-state index in [1.54, 1.807) is 12.1 Å². The summed E-state index contributed by atoms with van der Waals surface area (Å²) in [4.78, 5) is 21.7. The number of para-hydroxylation sites is 1. The Balaban J connectivity index is 1.91. The summed E-state index contributed by atoms with van der Waals surface area (Å²) < 4.78 is 15.4. The minimum atomic E-state index is -0.898. The molecule has 0 saturated carbocycles. The highest BCUT2D eigenvalue weighted by atomic mass is 16.7. The Hall–Kier alpha value is -3.09. The average Bonchev–Trinajstić information content (AvgIpc) is 2.55. The molecule has 0 aliphatic heterocycles. The van der Waals surface area contributed by atoms with Gasteiger partial charge in [-0.2, -0.15) is 0 Å². The van der Waals surface area contributed by atoms with Gasteiger partial charge in [-0.3, -0.25) is 10.1 Å². The molecule has 0 aliphatic carbocycles. The molecule has 0 fully saturated rings. The third-order valence-electron chi connectivity index (χ3n) is 2.87. The van der Waals surface area contributed by atoms with E-state index < -0.39 is 11.1 Å². The first kappa shape index (κ1) is 16.3. The van der Waals surface area contributed by atoms with Crippen LogP contribution in [-0.2, 0) is 11.3 Å². The lowest BCUT2D eigenvalue weighted by atomic mass is 10.2. The van der Waals surface area contributed by atoms with Gasteiger partial charge in [0.25, 0.3) is 5.69 Å². The monoisotopic (exact) mass is 317 g/mol. The minimum Gasteiger partial charge on any atom is -0.493 e. The van der Waals surface area contributed by atoms with E-state index in [1.165, 1.54) is 24.3 Å². The molecule has 7 heteroatoms. The van der Waals surface area contributed by atoms with Gasteiger partial charge < -0.3 is 14.2 Å². The molecule has 0 N–H and O–H groups in total. The van der Waals surface area contributed by atoms with Gasteiger partial charge >= 0.3 is 6.16 Å². The number of carbonyl (C=O) groups is 1.